The first-order valence-electron chi connectivity index (χ1n) is 16.6. The molecule has 1 heterocycles. The molecule has 47 heavy (non-hydrogen) atoms. The number of ether oxygens (including phenoxy) is 6. The lowest BCUT2D eigenvalue weighted by molar-refractivity contribution is -0.303. The van der Waals surface area contributed by atoms with Gasteiger partial charge in [0.05, 0.1) is 30.4 Å². The van der Waals surface area contributed by atoms with Crippen molar-refractivity contribution in [3.63, 3.8) is 0 Å². The summed E-state index contributed by atoms with van der Waals surface area (Å²) in [6, 6.07) is 26.9. The lowest BCUT2D eigenvalue weighted by Gasteiger charge is -2.44. The Bertz CT molecular complexity index is 1350. The van der Waals surface area contributed by atoms with Crippen molar-refractivity contribution in [3.05, 3.63) is 108 Å². The Labute approximate surface area is 277 Å². The Morgan fingerprint density at radius 3 is 1.77 bits per heavy atom. The minimum absolute atomic E-state index is 0.142. The molecule has 0 aliphatic carbocycles. The molecule has 4 rings (SSSR count). The van der Waals surface area contributed by atoms with Gasteiger partial charge in [-0.3, -0.25) is 4.79 Å². The number of rotatable bonds is 18. The monoisotopic (exact) mass is 646 g/mol. The highest BCUT2D eigenvalue weighted by molar-refractivity contribution is 5.90. The standard InChI is InChI=1S/C38H46O9/c1-3-42-32(39)25-17-6-4-5-7-18-26-43-38-35(44-27-29-19-11-8-12-20-29)34(47-37(41)31-23-15-10-16-24-31)33(28(2)45-38)46-36(40)30-21-13-9-14-22-30/h8-16,19-24,28,33-35,38H,3-7,17-18,25-27H2,1-2H3/t28-,33+,34+,35-,38-/m0/s1. The van der Waals surface area contributed by atoms with Crippen LogP contribution in [0, 0.1) is 0 Å². The Morgan fingerprint density at radius 2 is 1.17 bits per heavy atom. The summed E-state index contributed by atoms with van der Waals surface area (Å²) in [7, 11) is 0. The van der Waals surface area contributed by atoms with E-state index in [0.717, 1.165) is 44.1 Å². The van der Waals surface area contributed by atoms with Gasteiger partial charge in [0.25, 0.3) is 0 Å². The maximum atomic E-state index is 13.4. The summed E-state index contributed by atoms with van der Waals surface area (Å²) in [6.45, 7) is 4.60. The van der Waals surface area contributed by atoms with E-state index in [1.54, 1.807) is 55.5 Å². The number of hydrogen-bond acceptors (Lipinski definition) is 9. The third-order valence-corrected chi connectivity index (χ3v) is 7.88. The maximum absolute atomic E-state index is 13.4. The molecule has 0 amide bonds. The van der Waals surface area contributed by atoms with Gasteiger partial charge < -0.3 is 28.4 Å². The van der Waals surface area contributed by atoms with Crippen LogP contribution >= 0.6 is 0 Å². The van der Waals surface area contributed by atoms with Crippen molar-refractivity contribution >= 4 is 17.9 Å². The van der Waals surface area contributed by atoms with Crippen molar-refractivity contribution in [1.29, 1.82) is 0 Å². The van der Waals surface area contributed by atoms with Gasteiger partial charge in [0.2, 0.25) is 0 Å². The average Bonchev–Trinajstić information content (AvgIpc) is 3.10. The summed E-state index contributed by atoms with van der Waals surface area (Å²) in [4.78, 5) is 38.1. The van der Waals surface area contributed by atoms with E-state index < -0.39 is 42.6 Å². The lowest BCUT2D eigenvalue weighted by Crippen LogP contribution is -2.61. The van der Waals surface area contributed by atoms with Crippen LogP contribution < -0.4 is 0 Å². The molecule has 9 nitrogen and oxygen atoms in total. The van der Waals surface area contributed by atoms with Crippen LogP contribution in [0.3, 0.4) is 0 Å². The normalized spacial score (nSPS) is 20.7. The third-order valence-electron chi connectivity index (χ3n) is 7.88. The first kappa shape index (κ1) is 35.8. The zero-order valence-corrected chi connectivity index (χ0v) is 27.3. The first-order valence-corrected chi connectivity index (χ1v) is 16.6. The topological polar surface area (TPSA) is 107 Å². The fourth-order valence-corrected chi connectivity index (χ4v) is 5.39. The molecule has 1 saturated heterocycles. The molecule has 9 heteroatoms. The second-order valence-electron chi connectivity index (χ2n) is 11.5. The van der Waals surface area contributed by atoms with Gasteiger partial charge in [0.1, 0.15) is 6.10 Å². The molecular formula is C38H46O9. The zero-order chi connectivity index (χ0) is 33.3. The Kier molecular flexibility index (Phi) is 14.9. The van der Waals surface area contributed by atoms with E-state index in [2.05, 4.69) is 0 Å². The molecule has 0 N–H and O–H groups in total. The minimum Gasteiger partial charge on any atom is -0.466 e. The fraction of sp³-hybridized carbons (Fsp3) is 0.447. The zero-order valence-electron chi connectivity index (χ0n) is 27.3. The van der Waals surface area contributed by atoms with Crippen molar-refractivity contribution in [2.24, 2.45) is 0 Å². The molecule has 3 aromatic carbocycles. The van der Waals surface area contributed by atoms with Crippen LogP contribution in [-0.4, -0.2) is 61.8 Å². The molecule has 0 aromatic heterocycles. The van der Waals surface area contributed by atoms with Gasteiger partial charge in [-0.15, -0.1) is 0 Å². The first-order chi connectivity index (χ1) is 23.0. The quantitative estimate of drug-likeness (QED) is 0.0814. The molecule has 0 saturated carbocycles. The van der Waals surface area contributed by atoms with Crippen molar-refractivity contribution in [3.8, 4) is 0 Å². The van der Waals surface area contributed by atoms with E-state index in [1.165, 1.54) is 0 Å². The summed E-state index contributed by atoms with van der Waals surface area (Å²) in [6.07, 6.45) is 1.58. The van der Waals surface area contributed by atoms with E-state index in [-0.39, 0.29) is 12.6 Å². The van der Waals surface area contributed by atoms with E-state index in [4.69, 9.17) is 28.4 Å². The number of benzene rings is 3. The number of carbonyl (C=O) groups excluding carboxylic acids is 3. The number of carbonyl (C=O) groups is 3. The van der Waals surface area contributed by atoms with Gasteiger partial charge in [-0.25, -0.2) is 9.59 Å². The highest BCUT2D eigenvalue weighted by atomic mass is 16.7. The molecule has 0 unspecified atom stereocenters. The summed E-state index contributed by atoms with van der Waals surface area (Å²) < 4.78 is 36.0. The van der Waals surface area contributed by atoms with Gasteiger partial charge in [-0.1, -0.05) is 92.4 Å². The maximum Gasteiger partial charge on any atom is 0.338 e. The van der Waals surface area contributed by atoms with Crippen LogP contribution in [0.1, 0.15) is 85.1 Å². The highest BCUT2D eigenvalue weighted by Gasteiger charge is 2.50. The second-order valence-corrected chi connectivity index (χ2v) is 11.5. The van der Waals surface area contributed by atoms with Crippen LogP contribution in [-0.2, 0) is 39.8 Å². The largest absolute Gasteiger partial charge is 0.466 e. The number of esters is 3. The van der Waals surface area contributed by atoms with Gasteiger partial charge in [0, 0.05) is 13.0 Å². The van der Waals surface area contributed by atoms with E-state index in [9.17, 15) is 14.4 Å². The van der Waals surface area contributed by atoms with Crippen LogP contribution in [0.4, 0.5) is 0 Å². The van der Waals surface area contributed by atoms with Crippen molar-refractivity contribution in [2.45, 2.75) is 96.1 Å². The van der Waals surface area contributed by atoms with Gasteiger partial charge in [0.15, 0.2) is 18.5 Å². The molecule has 0 bridgehead atoms. The molecule has 5 atom stereocenters. The van der Waals surface area contributed by atoms with E-state index >= 15 is 0 Å². The van der Waals surface area contributed by atoms with Crippen molar-refractivity contribution in [1.82, 2.24) is 0 Å². The minimum atomic E-state index is -1.02. The summed E-state index contributed by atoms with van der Waals surface area (Å²) >= 11 is 0. The smallest absolute Gasteiger partial charge is 0.338 e. The summed E-state index contributed by atoms with van der Waals surface area (Å²) in [5.74, 6) is -1.27. The van der Waals surface area contributed by atoms with Crippen LogP contribution in [0.2, 0.25) is 0 Å². The van der Waals surface area contributed by atoms with E-state index in [0.29, 0.717) is 30.8 Å². The van der Waals surface area contributed by atoms with Crippen molar-refractivity contribution < 1.29 is 42.8 Å². The predicted molar refractivity (Wildman–Crippen MR) is 176 cm³/mol. The SMILES string of the molecule is CCOC(=O)CCCCCCCCO[C@H]1O[C@@H](C)[C@@H](OC(=O)c2ccccc2)[C@@H](OC(=O)c2ccccc2)[C@@H]1OCc1ccccc1. The predicted octanol–water partition coefficient (Wildman–Crippen LogP) is 7.08. The summed E-state index contributed by atoms with van der Waals surface area (Å²) in [5, 5.41) is 0. The lowest BCUT2D eigenvalue weighted by atomic mass is 9.98. The van der Waals surface area contributed by atoms with Gasteiger partial charge in [-0.05, 0) is 56.5 Å². The number of unbranched alkanes of at least 4 members (excludes halogenated alkanes) is 5. The molecule has 1 aliphatic heterocycles. The summed E-state index contributed by atoms with van der Waals surface area (Å²) in [5.41, 5.74) is 1.65. The third kappa shape index (κ3) is 11.6. The Hall–Kier alpha value is -4.05. The molecule has 1 fully saturated rings. The van der Waals surface area contributed by atoms with Crippen molar-refractivity contribution in [2.75, 3.05) is 13.2 Å². The molecule has 252 valence electrons. The molecule has 0 radical (unpaired) electrons. The molecule has 0 spiro atoms. The highest BCUT2D eigenvalue weighted by Crippen LogP contribution is 2.31. The van der Waals surface area contributed by atoms with Crippen LogP contribution in [0.25, 0.3) is 0 Å². The average molecular weight is 647 g/mol. The van der Waals surface area contributed by atoms with Crippen LogP contribution in [0.15, 0.2) is 91.0 Å². The fourth-order valence-electron chi connectivity index (χ4n) is 5.39. The Balaban J connectivity index is 1.45. The molecule has 3 aromatic rings. The second kappa shape index (κ2) is 19.6. The molecule has 1 aliphatic rings. The van der Waals surface area contributed by atoms with Crippen LogP contribution in [0.5, 0.6) is 0 Å². The van der Waals surface area contributed by atoms with Gasteiger partial charge in [-0.2, -0.15) is 0 Å². The number of hydrogen-bond donors (Lipinski definition) is 0. The van der Waals surface area contributed by atoms with Gasteiger partial charge >= 0.3 is 17.9 Å². The Morgan fingerprint density at radius 1 is 0.638 bits per heavy atom. The molecular weight excluding hydrogens is 600 g/mol. The van der Waals surface area contributed by atoms with E-state index in [1.807, 2.05) is 49.4 Å².